The van der Waals surface area contributed by atoms with Gasteiger partial charge in [0.2, 0.25) is 5.91 Å². The van der Waals surface area contributed by atoms with Crippen molar-refractivity contribution in [3.63, 3.8) is 0 Å². The average Bonchev–Trinajstić information content (AvgIpc) is 2.67. The summed E-state index contributed by atoms with van der Waals surface area (Å²) in [6, 6.07) is 7.40. The van der Waals surface area contributed by atoms with Crippen molar-refractivity contribution in [1.82, 2.24) is 5.32 Å². The smallest absolute Gasteiger partial charge is 0.308 e. The van der Waals surface area contributed by atoms with Crippen molar-refractivity contribution in [1.29, 1.82) is 0 Å². The fourth-order valence-electron chi connectivity index (χ4n) is 3.18. The van der Waals surface area contributed by atoms with E-state index in [1.54, 1.807) is 12.1 Å². The van der Waals surface area contributed by atoms with Crippen molar-refractivity contribution in [2.24, 2.45) is 11.8 Å². The van der Waals surface area contributed by atoms with Crippen LogP contribution < -0.4 is 5.32 Å². The van der Waals surface area contributed by atoms with Crippen LogP contribution in [0.25, 0.3) is 0 Å². The fraction of sp³-hybridized carbons (Fsp3) is 0.550. The Morgan fingerprint density at radius 3 is 2.38 bits per heavy atom. The maximum absolute atomic E-state index is 12.2. The number of rotatable bonds is 9. The van der Waals surface area contributed by atoms with E-state index in [0.717, 1.165) is 12.0 Å². The molecule has 0 aromatic heterocycles. The van der Waals surface area contributed by atoms with Gasteiger partial charge in [0.05, 0.1) is 5.92 Å². The number of hydrogen-bond donors (Lipinski definition) is 2. The Labute approximate surface area is 153 Å². The van der Waals surface area contributed by atoms with Gasteiger partial charge >= 0.3 is 5.97 Å². The first-order valence-electron chi connectivity index (χ1n) is 9.20. The van der Waals surface area contributed by atoms with E-state index in [4.69, 9.17) is 4.74 Å². The number of carbonyl (C=O) groups excluding carboxylic acids is 2. The van der Waals surface area contributed by atoms with E-state index in [2.05, 4.69) is 5.32 Å². The Morgan fingerprint density at radius 2 is 1.81 bits per heavy atom. The number of carbonyl (C=O) groups is 3. The number of nitrogens with one attached hydrogen (secondary N) is 1. The lowest BCUT2D eigenvalue weighted by molar-refractivity contribution is -0.145. The molecule has 1 aliphatic rings. The zero-order valence-electron chi connectivity index (χ0n) is 15.2. The number of ether oxygens (including phenoxy) is 1. The van der Waals surface area contributed by atoms with Crippen molar-refractivity contribution in [3.8, 4) is 0 Å². The predicted octanol–water partition coefficient (Wildman–Crippen LogP) is 2.46. The van der Waals surface area contributed by atoms with Gasteiger partial charge < -0.3 is 15.2 Å². The molecular formula is C20H27NO5. The molecule has 1 fully saturated rings. The molecule has 2 rings (SSSR count). The third-order valence-electron chi connectivity index (χ3n) is 4.93. The van der Waals surface area contributed by atoms with Crippen molar-refractivity contribution >= 4 is 17.7 Å². The van der Waals surface area contributed by atoms with E-state index < -0.39 is 11.9 Å². The number of carboxylic acid groups (broad SMARTS) is 1. The lowest BCUT2D eigenvalue weighted by atomic mass is 9.86. The first kappa shape index (κ1) is 20.1. The molecule has 0 aliphatic carbocycles. The second kappa shape index (κ2) is 10.1. The van der Waals surface area contributed by atoms with Crippen LogP contribution in [0, 0.1) is 11.8 Å². The number of aryl methyl sites for hydroxylation is 1. The second-order valence-corrected chi connectivity index (χ2v) is 6.67. The summed E-state index contributed by atoms with van der Waals surface area (Å²) in [5, 5.41) is 12.1. The van der Waals surface area contributed by atoms with E-state index in [1.165, 1.54) is 0 Å². The summed E-state index contributed by atoms with van der Waals surface area (Å²) in [5.41, 5.74) is 1.76. The molecule has 1 unspecified atom stereocenters. The van der Waals surface area contributed by atoms with Gasteiger partial charge in [-0.05, 0) is 30.7 Å². The average molecular weight is 361 g/mol. The van der Waals surface area contributed by atoms with Gasteiger partial charge in [0.1, 0.15) is 0 Å². The number of aliphatic carboxylic acids is 1. The number of benzene rings is 1. The summed E-state index contributed by atoms with van der Waals surface area (Å²) < 4.78 is 5.26. The highest BCUT2D eigenvalue weighted by Crippen LogP contribution is 2.23. The molecule has 26 heavy (non-hydrogen) atoms. The minimum Gasteiger partial charge on any atom is -0.481 e. The standard InChI is InChI=1S/C20H27NO5/c1-2-14-3-5-16(6-4-14)18(22)7-8-19(23)21-13-17(20(24)25)15-9-11-26-12-10-15/h3-6,15,17H,2,7-13H2,1H3,(H,21,23)(H,24,25). The van der Waals surface area contributed by atoms with Crippen LogP contribution in [0.3, 0.4) is 0 Å². The molecule has 1 aromatic rings. The first-order chi connectivity index (χ1) is 12.5. The summed E-state index contributed by atoms with van der Waals surface area (Å²) in [5.74, 6) is -1.87. The van der Waals surface area contributed by atoms with Gasteiger partial charge in [0.15, 0.2) is 5.78 Å². The fourth-order valence-corrected chi connectivity index (χ4v) is 3.18. The van der Waals surface area contributed by atoms with Crippen molar-refractivity contribution in [2.45, 2.75) is 39.0 Å². The maximum atomic E-state index is 12.2. The van der Waals surface area contributed by atoms with Gasteiger partial charge in [-0.2, -0.15) is 0 Å². The summed E-state index contributed by atoms with van der Waals surface area (Å²) in [4.78, 5) is 35.6. The SMILES string of the molecule is CCc1ccc(C(=O)CCC(=O)NCC(C(=O)O)C2CCOCC2)cc1. The molecule has 0 bridgehead atoms. The summed E-state index contributed by atoms with van der Waals surface area (Å²) in [7, 11) is 0. The molecule has 0 spiro atoms. The monoisotopic (exact) mass is 361 g/mol. The van der Waals surface area contributed by atoms with Crippen LogP contribution in [0.1, 0.15) is 48.5 Å². The molecule has 2 N–H and O–H groups in total. The Hall–Kier alpha value is -2.21. The molecule has 0 saturated carbocycles. The topological polar surface area (TPSA) is 92.7 Å². The van der Waals surface area contributed by atoms with Crippen LogP contribution in [0.4, 0.5) is 0 Å². The zero-order chi connectivity index (χ0) is 18.9. The minimum atomic E-state index is -0.899. The van der Waals surface area contributed by atoms with E-state index in [0.29, 0.717) is 31.6 Å². The van der Waals surface area contributed by atoms with Gasteiger partial charge in [0.25, 0.3) is 0 Å². The van der Waals surface area contributed by atoms with Gasteiger partial charge in [0, 0.05) is 38.2 Å². The van der Waals surface area contributed by atoms with Crippen LogP contribution in [-0.2, 0) is 20.7 Å². The van der Waals surface area contributed by atoms with Crippen molar-refractivity contribution in [3.05, 3.63) is 35.4 Å². The number of amides is 1. The largest absolute Gasteiger partial charge is 0.481 e. The predicted molar refractivity (Wildman–Crippen MR) is 97.1 cm³/mol. The zero-order valence-corrected chi connectivity index (χ0v) is 15.2. The van der Waals surface area contributed by atoms with Gasteiger partial charge in [-0.1, -0.05) is 31.2 Å². The lowest BCUT2D eigenvalue weighted by Gasteiger charge is -2.27. The third kappa shape index (κ3) is 5.95. The molecule has 0 radical (unpaired) electrons. The third-order valence-corrected chi connectivity index (χ3v) is 4.93. The molecule has 1 heterocycles. The Morgan fingerprint density at radius 1 is 1.15 bits per heavy atom. The minimum absolute atomic E-state index is 0.0141. The second-order valence-electron chi connectivity index (χ2n) is 6.67. The van der Waals surface area contributed by atoms with Gasteiger partial charge in [-0.3, -0.25) is 14.4 Å². The lowest BCUT2D eigenvalue weighted by Crippen LogP contribution is -2.39. The summed E-state index contributed by atoms with van der Waals surface area (Å²) in [6.45, 7) is 3.27. The molecule has 142 valence electrons. The Bertz CT molecular complexity index is 620. The number of carboxylic acids is 1. The van der Waals surface area contributed by atoms with Crippen LogP contribution >= 0.6 is 0 Å². The molecule has 1 atom stereocenters. The van der Waals surface area contributed by atoms with Crippen LogP contribution in [0.5, 0.6) is 0 Å². The molecule has 1 saturated heterocycles. The Kier molecular flexibility index (Phi) is 7.78. The molecule has 1 aliphatic heterocycles. The van der Waals surface area contributed by atoms with Crippen molar-refractivity contribution in [2.75, 3.05) is 19.8 Å². The maximum Gasteiger partial charge on any atom is 0.308 e. The highest BCUT2D eigenvalue weighted by Gasteiger charge is 2.30. The molecule has 6 heteroatoms. The van der Waals surface area contributed by atoms with Gasteiger partial charge in [-0.15, -0.1) is 0 Å². The van der Waals surface area contributed by atoms with Gasteiger partial charge in [-0.25, -0.2) is 0 Å². The van der Waals surface area contributed by atoms with E-state index >= 15 is 0 Å². The van der Waals surface area contributed by atoms with E-state index in [9.17, 15) is 19.5 Å². The Balaban J connectivity index is 1.77. The van der Waals surface area contributed by atoms with Crippen LogP contribution in [0.15, 0.2) is 24.3 Å². The van der Waals surface area contributed by atoms with E-state index in [-0.39, 0.29) is 37.0 Å². The molecule has 1 aromatic carbocycles. The molecule has 6 nitrogen and oxygen atoms in total. The molecular weight excluding hydrogens is 334 g/mol. The molecule has 1 amide bonds. The number of Topliss-reactive ketones (excluding diaryl/α,β-unsaturated/α-hetero) is 1. The summed E-state index contributed by atoms with van der Waals surface area (Å²) >= 11 is 0. The number of hydrogen-bond acceptors (Lipinski definition) is 4. The van der Waals surface area contributed by atoms with Crippen LogP contribution in [0.2, 0.25) is 0 Å². The summed E-state index contributed by atoms with van der Waals surface area (Å²) in [6.07, 6.45) is 2.48. The van der Waals surface area contributed by atoms with Crippen LogP contribution in [-0.4, -0.2) is 42.5 Å². The highest BCUT2D eigenvalue weighted by atomic mass is 16.5. The van der Waals surface area contributed by atoms with E-state index in [1.807, 2.05) is 19.1 Å². The van der Waals surface area contributed by atoms with Crippen molar-refractivity contribution < 1.29 is 24.2 Å². The highest BCUT2D eigenvalue weighted by molar-refractivity contribution is 5.98. The normalized spacial score (nSPS) is 16.0. The quantitative estimate of drug-likeness (QED) is 0.659. The number of ketones is 1. The first-order valence-corrected chi connectivity index (χ1v) is 9.20.